The Balaban J connectivity index is 1.89. The molecule has 106 valence electrons. The average Bonchev–Trinajstić information content (AvgIpc) is 2.79. The number of nitrogens with one attached hydrogen (secondary N) is 1. The van der Waals surface area contributed by atoms with Gasteiger partial charge in [-0.05, 0) is 36.4 Å². The molecule has 1 aromatic heterocycles. The number of hydrogen-bond donors (Lipinski definition) is 2. The van der Waals surface area contributed by atoms with E-state index in [4.69, 9.17) is 17.3 Å². The van der Waals surface area contributed by atoms with Crippen LogP contribution >= 0.6 is 22.9 Å². The summed E-state index contributed by atoms with van der Waals surface area (Å²) in [5.41, 5.74) is 6.66. The molecule has 0 saturated carbocycles. The molecule has 0 unspecified atom stereocenters. The first kappa shape index (κ1) is 13.8. The van der Waals surface area contributed by atoms with Gasteiger partial charge < -0.3 is 5.73 Å². The summed E-state index contributed by atoms with van der Waals surface area (Å²) in [4.78, 5) is 16.4. The SMILES string of the molecule is Nc1cc(F)ccc1C(=O)Nc1nc2ccc(Cl)cc2s1. The van der Waals surface area contributed by atoms with Crippen LogP contribution in [0, 0.1) is 5.82 Å². The summed E-state index contributed by atoms with van der Waals surface area (Å²) in [6, 6.07) is 8.90. The van der Waals surface area contributed by atoms with Crippen LogP contribution in [0.15, 0.2) is 36.4 Å². The second-order valence-electron chi connectivity index (χ2n) is 4.32. The molecule has 0 spiro atoms. The minimum atomic E-state index is -0.487. The Hall–Kier alpha value is -2.18. The summed E-state index contributed by atoms with van der Waals surface area (Å²) in [7, 11) is 0. The van der Waals surface area contributed by atoms with Crippen molar-refractivity contribution >= 4 is 49.9 Å². The van der Waals surface area contributed by atoms with Crippen molar-refractivity contribution in [3.05, 3.63) is 52.8 Å². The third-order valence-electron chi connectivity index (χ3n) is 2.83. The van der Waals surface area contributed by atoms with Crippen LogP contribution in [0.5, 0.6) is 0 Å². The number of nitrogens with zero attached hydrogens (tertiary/aromatic N) is 1. The van der Waals surface area contributed by atoms with Gasteiger partial charge in [0.1, 0.15) is 5.82 Å². The fourth-order valence-electron chi connectivity index (χ4n) is 1.86. The van der Waals surface area contributed by atoms with Crippen molar-refractivity contribution in [2.45, 2.75) is 0 Å². The van der Waals surface area contributed by atoms with Gasteiger partial charge in [-0.3, -0.25) is 10.1 Å². The number of hydrogen-bond acceptors (Lipinski definition) is 4. The second kappa shape index (κ2) is 5.31. The van der Waals surface area contributed by atoms with E-state index < -0.39 is 11.7 Å². The van der Waals surface area contributed by atoms with E-state index in [2.05, 4.69) is 10.3 Å². The standard InChI is InChI=1S/C14H9ClFN3OS/c15-7-1-4-11-12(5-7)21-14(18-11)19-13(20)9-3-2-8(16)6-10(9)17/h1-6H,17H2,(H,18,19,20). The summed E-state index contributed by atoms with van der Waals surface area (Å²) < 4.78 is 13.8. The molecule has 0 saturated heterocycles. The van der Waals surface area contributed by atoms with Gasteiger partial charge in [-0.15, -0.1) is 0 Å². The monoisotopic (exact) mass is 321 g/mol. The van der Waals surface area contributed by atoms with Gasteiger partial charge in [0.2, 0.25) is 0 Å². The van der Waals surface area contributed by atoms with Crippen LogP contribution in [0.2, 0.25) is 5.02 Å². The number of anilines is 2. The molecule has 0 aliphatic heterocycles. The summed E-state index contributed by atoms with van der Waals surface area (Å²) >= 11 is 7.21. The number of carbonyl (C=O) groups is 1. The third-order valence-corrected chi connectivity index (χ3v) is 4.00. The molecule has 7 heteroatoms. The van der Waals surface area contributed by atoms with E-state index in [0.717, 1.165) is 16.3 Å². The van der Waals surface area contributed by atoms with Gasteiger partial charge in [-0.25, -0.2) is 9.37 Å². The van der Waals surface area contributed by atoms with Crippen LogP contribution in [-0.2, 0) is 0 Å². The molecule has 0 radical (unpaired) electrons. The lowest BCUT2D eigenvalue weighted by atomic mass is 10.1. The van der Waals surface area contributed by atoms with Crippen LogP contribution in [-0.4, -0.2) is 10.9 Å². The number of fused-ring (bicyclic) bond motifs is 1. The van der Waals surface area contributed by atoms with Gasteiger partial charge in [0.25, 0.3) is 5.91 Å². The number of aromatic nitrogens is 1. The largest absolute Gasteiger partial charge is 0.398 e. The van der Waals surface area contributed by atoms with E-state index in [-0.39, 0.29) is 11.3 Å². The summed E-state index contributed by atoms with van der Waals surface area (Å²) in [5, 5.41) is 3.69. The lowest BCUT2D eigenvalue weighted by Gasteiger charge is -2.04. The lowest BCUT2D eigenvalue weighted by Crippen LogP contribution is -2.13. The highest BCUT2D eigenvalue weighted by atomic mass is 35.5. The number of amides is 1. The highest BCUT2D eigenvalue weighted by Crippen LogP contribution is 2.28. The first-order valence-corrected chi connectivity index (χ1v) is 7.15. The number of rotatable bonds is 2. The Morgan fingerprint density at radius 1 is 1.29 bits per heavy atom. The van der Waals surface area contributed by atoms with E-state index in [1.54, 1.807) is 18.2 Å². The zero-order valence-corrected chi connectivity index (χ0v) is 12.1. The van der Waals surface area contributed by atoms with Gasteiger partial charge in [0.15, 0.2) is 5.13 Å². The Kier molecular flexibility index (Phi) is 3.48. The normalized spacial score (nSPS) is 10.8. The molecule has 21 heavy (non-hydrogen) atoms. The van der Waals surface area contributed by atoms with Crippen molar-refractivity contribution in [2.24, 2.45) is 0 Å². The smallest absolute Gasteiger partial charge is 0.259 e. The van der Waals surface area contributed by atoms with Crippen LogP contribution in [0.3, 0.4) is 0 Å². The Bertz CT molecular complexity index is 849. The van der Waals surface area contributed by atoms with Gasteiger partial charge in [-0.1, -0.05) is 22.9 Å². The topological polar surface area (TPSA) is 68.0 Å². The third kappa shape index (κ3) is 2.81. The van der Waals surface area contributed by atoms with Crippen LogP contribution in [0.4, 0.5) is 15.2 Å². The highest BCUT2D eigenvalue weighted by molar-refractivity contribution is 7.22. The quantitative estimate of drug-likeness (QED) is 0.703. The van der Waals surface area contributed by atoms with Gasteiger partial charge in [-0.2, -0.15) is 0 Å². The molecule has 0 aliphatic carbocycles. The molecule has 2 aromatic carbocycles. The molecule has 0 atom stereocenters. The predicted molar refractivity (Wildman–Crippen MR) is 83.4 cm³/mol. The Morgan fingerprint density at radius 3 is 2.86 bits per heavy atom. The first-order valence-electron chi connectivity index (χ1n) is 5.95. The van der Waals surface area contributed by atoms with Crippen molar-refractivity contribution in [3.8, 4) is 0 Å². The molecule has 3 aromatic rings. The van der Waals surface area contributed by atoms with Crippen LogP contribution in [0.1, 0.15) is 10.4 Å². The molecular formula is C14H9ClFN3OS. The number of nitrogens with two attached hydrogens (primary N) is 1. The molecule has 1 heterocycles. The van der Waals surface area contributed by atoms with E-state index in [1.807, 2.05) is 0 Å². The maximum Gasteiger partial charge on any atom is 0.259 e. The van der Waals surface area contributed by atoms with Crippen molar-refractivity contribution in [3.63, 3.8) is 0 Å². The fourth-order valence-corrected chi connectivity index (χ4v) is 2.99. The predicted octanol–water partition coefficient (Wildman–Crippen LogP) is 3.92. The molecular weight excluding hydrogens is 313 g/mol. The Morgan fingerprint density at radius 2 is 2.10 bits per heavy atom. The first-order chi connectivity index (χ1) is 10.0. The molecule has 4 nitrogen and oxygen atoms in total. The van der Waals surface area contributed by atoms with Crippen LogP contribution in [0.25, 0.3) is 10.2 Å². The number of halogens is 2. The number of carbonyl (C=O) groups excluding carboxylic acids is 1. The zero-order chi connectivity index (χ0) is 15.0. The molecule has 0 bridgehead atoms. The lowest BCUT2D eigenvalue weighted by molar-refractivity contribution is 0.102. The summed E-state index contributed by atoms with van der Waals surface area (Å²) in [6.45, 7) is 0. The maximum atomic E-state index is 13.0. The molecule has 3 rings (SSSR count). The van der Waals surface area contributed by atoms with Crippen molar-refractivity contribution in [1.82, 2.24) is 4.98 Å². The average molecular weight is 322 g/mol. The van der Waals surface area contributed by atoms with E-state index in [9.17, 15) is 9.18 Å². The summed E-state index contributed by atoms with van der Waals surface area (Å²) in [6.07, 6.45) is 0. The van der Waals surface area contributed by atoms with Crippen molar-refractivity contribution in [1.29, 1.82) is 0 Å². The van der Waals surface area contributed by atoms with E-state index >= 15 is 0 Å². The highest BCUT2D eigenvalue weighted by Gasteiger charge is 2.13. The second-order valence-corrected chi connectivity index (χ2v) is 5.78. The minimum absolute atomic E-state index is 0.0802. The van der Waals surface area contributed by atoms with Gasteiger partial charge in [0, 0.05) is 10.7 Å². The van der Waals surface area contributed by atoms with E-state index in [1.165, 1.54) is 23.5 Å². The maximum absolute atomic E-state index is 13.0. The number of benzene rings is 2. The number of nitrogen functional groups attached to an aromatic ring is 1. The van der Waals surface area contributed by atoms with Gasteiger partial charge in [0.05, 0.1) is 15.8 Å². The molecule has 1 amide bonds. The van der Waals surface area contributed by atoms with E-state index in [0.29, 0.717) is 10.2 Å². The molecule has 0 aliphatic rings. The number of thiazole rings is 1. The van der Waals surface area contributed by atoms with Crippen molar-refractivity contribution in [2.75, 3.05) is 11.1 Å². The zero-order valence-electron chi connectivity index (χ0n) is 10.6. The van der Waals surface area contributed by atoms with Gasteiger partial charge >= 0.3 is 0 Å². The molecule has 0 fully saturated rings. The molecule has 3 N–H and O–H groups in total. The minimum Gasteiger partial charge on any atom is -0.398 e. The van der Waals surface area contributed by atoms with Crippen LogP contribution < -0.4 is 11.1 Å². The summed E-state index contributed by atoms with van der Waals surface area (Å²) in [5.74, 6) is -0.920. The Labute approximate surface area is 128 Å². The van der Waals surface area contributed by atoms with Crippen molar-refractivity contribution < 1.29 is 9.18 Å². The fraction of sp³-hybridized carbons (Fsp3) is 0.